The van der Waals surface area contributed by atoms with E-state index in [1.54, 1.807) is 48.5 Å². The molecule has 2 N–H and O–H groups in total. The Morgan fingerprint density at radius 1 is 1.12 bits per heavy atom. The van der Waals surface area contributed by atoms with E-state index in [1.165, 1.54) is 6.20 Å². The maximum absolute atomic E-state index is 12.1. The number of hydrogen-bond acceptors (Lipinski definition) is 5. The van der Waals surface area contributed by atoms with Crippen LogP contribution in [0.2, 0.25) is 5.02 Å². The fourth-order valence-corrected chi connectivity index (χ4v) is 2.36. The SMILES string of the molecule is N#CSc1ccc(N/C=C(/C#N)C(=O)NCc2ccc(Cl)cc2)cc1. The number of amides is 1. The van der Waals surface area contributed by atoms with E-state index >= 15 is 0 Å². The van der Waals surface area contributed by atoms with Crippen molar-refractivity contribution >= 4 is 35.0 Å². The first kappa shape index (κ1) is 18.4. The molecule has 0 saturated heterocycles. The van der Waals surface area contributed by atoms with Gasteiger partial charge in [0.1, 0.15) is 17.0 Å². The Labute approximate surface area is 154 Å². The van der Waals surface area contributed by atoms with Crippen LogP contribution in [0.1, 0.15) is 5.56 Å². The summed E-state index contributed by atoms with van der Waals surface area (Å²) in [6, 6.07) is 16.0. The van der Waals surface area contributed by atoms with Gasteiger partial charge in [-0.1, -0.05) is 23.7 Å². The molecule has 0 aliphatic rings. The number of nitrogens with one attached hydrogen (secondary N) is 2. The first-order valence-corrected chi connectivity index (χ1v) is 8.37. The number of halogens is 1. The molecule has 0 aromatic heterocycles. The summed E-state index contributed by atoms with van der Waals surface area (Å²) in [6.45, 7) is 0.301. The number of benzene rings is 2. The van der Waals surface area contributed by atoms with Crippen LogP contribution >= 0.6 is 23.4 Å². The third-order valence-corrected chi connectivity index (χ3v) is 3.98. The third kappa shape index (κ3) is 5.89. The molecule has 25 heavy (non-hydrogen) atoms. The van der Waals surface area contributed by atoms with Crippen LogP contribution in [0, 0.1) is 22.0 Å². The van der Waals surface area contributed by atoms with Crippen molar-refractivity contribution in [2.75, 3.05) is 5.32 Å². The van der Waals surface area contributed by atoms with Crippen molar-refractivity contribution in [1.82, 2.24) is 5.32 Å². The van der Waals surface area contributed by atoms with Gasteiger partial charge < -0.3 is 10.6 Å². The molecule has 0 bridgehead atoms. The van der Waals surface area contributed by atoms with Gasteiger partial charge in [-0.05, 0) is 53.7 Å². The second-order valence-electron chi connectivity index (χ2n) is 4.84. The number of hydrogen-bond donors (Lipinski definition) is 2. The van der Waals surface area contributed by atoms with Gasteiger partial charge in [0.15, 0.2) is 0 Å². The van der Waals surface area contributed by atoms with Crippen LogP contribution in [0.5, 0.6) is 0 Å². The van der Waals surface area contributed by atoms with Gasteiger partial charge >= 0.3 is 0 Å². The number of rotatable bonds is 6. The Morgan fingerprint density at radius 3 is 2.40 bits per heavy atom. The summed E-state index contributed by atoms with van der Waals surface area (Å²) in [5.74, 6) is -0.471. The van der Waals surface area contributed by atoms with Crippen LogP contribution in [0.4, 0.5) is 5.69 Å². The average Bonchev–Trinajstić information content (AvgIpc) is 2.63. The van der Waals surface area contributed by atoms with E-state index in [-0.39, 0.29) is 5.57 Å². The smallest absolute Gasteiger partial charge is 0.263 e. The minimum Gasteiger partial charge on any atom is -0.360 e. The molecule has 0 radical (unpaired) electrons. The summed E-state index contributed by atoms with van der Waals surface area (Å²) in [5.41, 5.74) is 1.55. The highest BCUT2D eigenvalue weighted by Crippen LogP contribution is 2.19. The minimum atomic E-state index is -0.471. The summed E-state index contributed by atoms with van der Waals surface area (Å²) in [7, 11) is 0. The fraction of sp³-hybridized carbons (Fsp3) is 0.0556. The second kappa shape index (κ2) is 9.39. The largest absolute Gasteiger partial charge is 0.360 e. The molecule has 0 unspecified atom stereocenters. The number of anilines is 1. The van der Waals surface area contributed by atoms with Crippen molar-refractivity contribution in [2.45, 2.75) is 11.4 Å². The van der Waals surface area contributed by atoms with E-state index in [9.17, 15) is 4.79 Å². The number of nitrogens with zero attached hydrogens (tertiary/aromatic N) is 2. The fourth-order valence-electron chi connectivity index (χ4n) is 1.86. The van der Waals surface area contributed by atoms with Crippen LogP contribution < -0.4 is 10.6 Å². The molecule has 2 aromatic carbocycles. The highest BCUT2D eigenvalue weighted by Gasteiger charge is 2.08. The van der Waals surface area contributed by atoms with Crippen molar-refractivity contribution in [2.24, 2.45) is 0 Å². The number of thiocyanates is 1. The lowest BCUT2D eigenvalue weighted by Crippen LogP contribution is -2.24. The summed E-state index contributed by atoms with van der Waals surface area (Å²) in [5, 5.41) is 25.9. The zero-order valence-corrected chi connectivity index (χ0v) is 14.6. The molecule has 2 aromatic rings. The van der Waals surface area contributed by atoms with Gasteiger partial charge in [0, 0.05) is 28.4 Å². The number of nitriles is 2. The van der Waals surface area contributed by atoms with Crippen LogP contribution in [0.25, 0.3) is 0 Å². The van der Waals surface area contributed by atoms with Crippen molar-refractivity contribution in [1.29, 1.82) is 10.5 Å². The van der Waals surface area contributed by atoms with Crippen molar-refractivity contribution in [3.8, 4) is 11.5 Å². The number of carbonyl (C=O) groups is 1. The van der Waals surface area contributed by atoms with E-state index in [0.717, 1.165) is 22.2 Å². The highest BCUT2D eigenvalue weighted by atomic mass is 35.5. The maximum Gasteiger partial charge on any atom is 0.263 e. The summed E-state index contributed by atoms with van der Waals surface area (Å²) in [6.07, 6.45) is 1.35. The van der Waals surface area contributed by atoms with Gasteiger partial charge in [-0.3, -0.25) is 4.79 Å². The van der Waals surface area contributed by atoms with Crippen LogP contribution in [-0.4, -0.2) is 5.91 Å². The predicted octanol–water partition coefficient (Wildman–Crippen LogP) is 4.05. The third-order valence-electron chi connectivity index (χ3n) is 3.13. The van der Waals surface area contributed by atoms with E-state index in [1.807, 2.05) is 11.5 Å². The first-order chi connectivity index (χ1) is 12.1. The molecule has 0 fully saturated rings. The lowest BCUT2D eigenvalue weighted by atomic mass is 10.2. The van der Waals surface area contributed by atoms with Crippen LogP contribution in [0.15, 0.2) is 65.2 Å². The molecular weight excluding hydrogens is 356 g/mol. The van der Waals surface area contributed by atoms with Crippen LogP contribution in [0.3, 0.4) is 0 Å². The van der Waals surface area contributed by atoms with E-state index in [4.69, 9.17) is 22.1 Å². The zero-order valence-electron chi connectivity index (χ0n) is 13.0. The van der Waals surface area contributed by atoms with Crippen molar-refractivity contribution < 1.29 is 4.79 Å². The molecule has 0 aliphatic carbocycles. The normalized spacial score (nSPS) is 10.4. The number of carbonyl (C=O) groups excluding carboxylic acids is 1. The van der Waals surface area contributed by atoms with E-state index in [2.05, 4.69) is 10.6 Å². The van der Waals surface area contributed by atoms with Gasteiger partial charge in [-0.15, -0.1) is 0 Å². The Balaban J connectivity index is 1.94. The minimum absolute atomic E-state index is 0.0376. The summed E-state index contributed by atoms with van der Waals surface area (Å²) >= 11 is 6.87. The molecule has 0 atom stereocenters. The van der Waals surface area contributed by atoms with E-state index < -0.39 is 5.91 Å². The Bertz CT molecular complexity index is 849. The lowest BCUT2D eigenvalue weighted by Gasteiger charge is -2.06. The van der Waals surface area contributed by atoms with Crippen molar-refractivity contribution in [3.05, 3.63) is 70.9 Å². The molecule has 7 heteroatoms. The van der Waals surface area contributed by atoms with Gasteiger partial charge in [0.05, 0.1) is 0 Å². The van der Waals surface area contributed by atoms with E-state index in [0.29, 0.717) is 17.3 Å². The summed E-state index contributed by atoms with van der Waals surface area (Å²) < 4.78 is 0. The van der Waals surface area contributed by atoms with Gasteiger partial charge in [-0.25, -0.2) is 0 Å². The molecule has 124 valence electrons. The molecule has 0 heterocycles. The predicted molar refractivity (Wildman–Crippen MR) is 98.5 cm³/mol. The zero-order chi connectivity index (χ0) is 18.1. The molecule has 5 nitrogen and oxygen atoms in total. The molecule has 0 saturated carbocycles. The first-order valence-electron chi connectivity index (χ1n) is 7.18. The second-order valence-corrected chi connectivity index (χ2v) is 6.14. The number of thioether (sulfide) groups is 1. The monoisotopic (exact) mass is 368 g/mol. The summed E-state index contributed by atoms with van der Waals surface area (Å²) in [4.78, 5) is 12.9. The van der Waals surface area contributed by atoms with Crippen LogP contribution in [-0.2, 0) is 11.3 Å². The molecule has 2 rings (SSSR count). The van der Waals surface area contributed by atoms with Gasteiger partial charge in [0.2, 0.25) is 0 Å². The average molecular weight is 369 g/mol. The quantitative estimate of drug-likeness (QED) is 0.347. The maximum atomic E-state index is 12.1. The molecule has 0 aliphatic heterocycles. The van der Waals surface area contributed by atoms with Gasteiger partial charge in [-0.2, -0.15) is 10.5 Å². The lowest BCUT2D eigenvalue weighted by molar-refractivity contribution is -0.117. The standard InChI is InChI=1S/C18H13ClN4OS/c19-15-3-1-13(2-4-15)10-23-18(24)14(9-20)11-22-16-5-7-17(8-6-16)25-12-21/h1-8,11,22H,10H2,(H,23,24)/b14-11-. The Morgan fingerprint density at radius 2 is 1.80 bits per heavy atom. The molecular formula is C18H13ClN4OS. The Kier molecular flexibility index (Phi) is 6.91. The highest BCUT2D eigenvalue weighted by molar-refractivity contribution is 8.03. The molecule has 1 amide bonds. The molecule has 0 spiro atoms. The topological polar surface area (TPSA) is 88.7 Å². The Hall–Kier alpha value is -2.93. The van der Waals surface area contributed by atoms with Gasteiger partial charge in [0.25, 0.3) is 5.91 Å². The van der Waals surface area contributed by atoms with Crippen molar-refractivity contribution in [3.63, 3.8) is 0 Å².